The van der Waals surface area contributed by atoms with E-state index in [1.807, 2.05) is 0 Å². The van der Waals surface area contributed by atoms with Crippen LogP contribution in [0.5, 0.6) is 0 Å². The van der Waals surface area contributed by atoms with Gasteiger partial charge >= 0.3 is 5.97 Å². The number of nitrogens with zero attached hydrogens (tertiary/aromatic N) is 1. The average molecular weight is 269 g/mol. The predicted molar refractivity (Wildman–Crippen MR) is 69.7 cm³/mol. The summed E-state index contributed by atoms with van der Waals surface area (Å²) >= 11 is 0. The lowest BCUT2D eigenvalue weighted by atomic mass is 9.96. The van der Waals surface area contributed by atoms with Crippen molar-refractivity contribution in [3.05, 3.63) is 0 Å². The molecule has 1 rings (SSSR count). The summed E-state index contributed by atoms with van der Waals surface area (Å²) in [4.78, 5) is 39.8. The number of hydrogen-bond donors (Lipinski definition) is 0. The van der Waals surface area contributed by atoms with Gasteiger partial charge in [-0.05, 0) is 12.8 Å². The van der Waals surface area contributed by atoms with Crippen LogP contribution in [0.3, 0.4) is 0 Å². The second-order valence-corrected chi connectivity index (χ2v) is 4.97. The number of carbonyl (C=O) groups is 3. The van der Waals surface area contributed by atoms with Crippen LogP contribution in [0.25, 0.3) is 0 Å². The van der Waals surface area contributed by atoms with Crippen LogP contribution in [0.2, 0.25) is 0 Å². The van der Waals surface area contributed by atoms with Crippen LogP contribution < -0.4 is 0 Å². The molecular formula is C14H23NO4. The summed E-state index contributed by atoms with van der Waals surface area (Å²) in [5.41, 5.74) is 0. The van der Waals surface area contributed by atoms with Crippen molar-refractivity contribution in [2.24, 2.45) is 5.92 Å². The van der Waals surface area contributed by atoms with E-state index in [9.17, 15) is 14.4 Å². The molecule has 108 valence electrons. The van der Waals surface area contributed by atoms with E-state index in [2.05, 4.69) is 13.8 Å². The Labute approximate surface area is 114 Å². The fourth-order valence-electron chi connectivity index (χ4n) is 2.10. The molecule has 5 nitrogen and oxygen atoms in total. The van der Waals surface area contributed by atoms with Crippen LogP contribution in [0.4, 0.5) is 0 Å². The number of hydrogen-bond acceptors (Lipinski definition) is 4. The van der Waals surface area contributed by atoms with Crippen LogP contribution >= 0.6 is 0 Å². The van der Waals surface area contributed by atoms with Crippen LogP contribution in [0, 0.1) is 5.92 Å². The SMILES string of the molecule is CCCCC(CCCC)C(=O)ON1C(=O)CCC1=O. The Balaban J connectivity index is 2.54. The normalized spacial score (nSPS) is 15.4. The summed E-state index contributed by atoms with van der Waals surface area (Å²) in [6.45, 7) is 4.13. The molecule has 0 bridgehead atoms. The monoisotopic (exact) mass is 269 g/mol. The number of hydroxylamine groups is 2. The summed E-state index contributed by atoms with van der Waals surface area (Å²) in [7, 11) is 0. The molecule has 2 amide bonds. The first-order valence-corrected chi connectivity index (χ1v) is 7.17. The summed E-state index contributed by atoms with van der Waals surface area (Å²) < 4.78 is 0. The fraction of sp³-hybridized carbons (Fsp3) is 0.786. The van der Waals surface area contributed by atoms with Gasteiger partial charge in [0, 0.05) is 12.8 Å². The molecule has 0 aliphatic carbocycles. The van der Waals surface area contributed by atoms with Crippen molar-refractivity contribution in [3.63, 3.8) is 0 Å². The van der Waals surface area contributed by atoms with Gasteiger partial charge in [-0.15, -0.1) is 5.06 Å². The maximum Gasteiger partial charge on any atom is 0.336 e. The van der Waals surface area contributed by atoms with E-state index in [0.29, 0.717) is 5.06 Å². The molecule has 0 aromatic carbocycles. The second-order valence-electron chi connectivity index (χ2n) is 4.97. The van der Waals surface area contributed by atoms with E-state index in [-0.39, 0.29) is 18.8 Å². The highest BCUT2D eigenvalue weighted by atomic mass is 16.7. The topological polar surface area (TPSA) is 63.7 Å². The van der Waals surface area contributed by atoms with Gasteiger partial charge in [-0.25, -0.2) is 4.79 Å². The lowest BCUT2D eigenvalue weighted by Gasteiger charge is -2.18. The van der Waals surface area contributed by atoms with Gasteiger partial charge in [-0.2, -0.15) is 0 Å². The molecule has 19 heavy (non-hydrogen) atoms. The third kappa shape index (κ3) is 4.65. The Hall–Kier alpha value is -1.39. The molecule has 1 heterocycles. The third-order valence-electron chi connectivity index (χ3n) is 3.33. The molecule has 0 saturated carbocycles. The molecule has 1 saturated heterocycles. The average Bonchev–Trinajstić information content (AvgIpc) is 2.70. The van der Waals surface area contributed by atoms with Crippen molar-refractivity contribution in [1.82, 2.24) is 5.06 Å². The predicted octanol–water partition coefficient (Wildman–Crippen LogP) is 2.59. The highest BCUT2D eigenvalue weighted by molar-refractivity contribution is 6.01. The first kappa shape index (κ1) is 15.7. The third-order valence-corrected chi connectivity index (χ3v) is 3.33. The second kappa shape index (κ2) is 7.92. The van der Waals surface area contributed by atoms with E-state index in [0.717, 1.165) is 38.5 Å². The molecular weight excluding hydrogens is 246 g/mol. The Kier molecular flexibility index (Phi) is 6.53. The number of carbonyl (C=O) groups excluding carboxylic acids is 3. The van der Waals surface area contributed by atoms with Crippen LogP contribution in [0.1, 0.15) is 65.2 Å². The maximum absolute atomic E-state index is 12.0. The van der Waals surface area contributed by atoms with Crippen molar-refractivity contribution in [2.75, 3.05) is 0 Å². The summed E-state index contributed by atoms with van der Waals surface area (Å²) in [6, 6.07) is 0. The van der Waals surface area contributed by atoms with Gasteiger partial charge in [0.1, 0.15) is 0 Å². The van der Waals surface area contributed by atoms with Crippen LogP contribution in [-0.2, 0) is 19.2 Å². The minimum atomic E-state index is -0.439. The number of amides is 2. The van der Waals surface area contributed by atoms with E-state index in [1.165, 1.54) is 0 Å². The van der Waals surface area contributed by atoms with E-state index in [4.69, 9.17) is 4.84 Å². The lowest BCUT2D eigenvalue weighted by molar-refractivity contribution is -0.201. The molecule has 0 radical (unpaired) electrons. The molecule has 0 N–H and O–H groups in total. The van der Waals surface area contributed by atoms with Crippen molar-refractivity contribution in [1.29, 1.82) is 0 Å². The fourth-order valence-corrected chi connectivity index (χ4v) is 2.10. The zero-order valence-electron chi connectivity index (χ0n) is 11.8. The molecule has 1 aliphatic rings. The van der Waals surface area contributed by atoms with Gasteiger partial charge < -0.3 is 4.84 Å². The Bertz CT molecular complexity index is 316. The summed E-state index contributed by atoms with van der Waals surface area (Å²) in [5.74, 6) is -1.47. The number of imide groups is 1. The maximum atomic E-state index is 12.0. The molecule has 0 aromatic rings. The van der Waals surface area contributed by atoms with Crippen molar-refractivity contribution in [3.8, 4) is 0 Å². The van der Waals surface area contributed by atoms with E-state index in [1.54, 1.807) is 0 Å². The highest BCUT2D eigenvalue weighted by Gasteiger charge is 2.34. The zero-order valence-corrected chi connectivity index (χ0v) is 11.8. The summed E-state index contributed by atoms with van der Waals surface area (Å²) in [6.07, 6.45) is 5.71. The molecule has 0 spiro atoms. The van der Waals surface area contributed by atoms with E-state index < -0.39 is 17.8 Å². The van der Waals surface area contributed by atoms with Gasteiger partial charge in [-0.3, -0.25) is 9.59 Å². The number of unbranched alkanes of at least 4 members (excludes halogenated alkanes) is 2. The molecule has 0 aromatic heterocycles. The molecule has 5 heteroatoms. The van der Waals surface area contributed by atoms with Crippen molar-refractivity contribution < 1.29 is 19.2 Å². The minimum Gasteiger partial charge on any atom is -0.330 e. The van der Waals surface area contributed by atoms with Crippen LogP contribution in [-0.4, -0.2) is 22.8 Å². The Morgan fingerprint density at radius 3 is 2.00 bits per heavy atom. The molecule has 0 unspecified atom stereocenters. The first-order valence-electron chi connectivity index (χ1n) is 7.17. The van der Waals surface area contributed by atoms with Gasteiger partial charge in [-0.1, -0.05) is 39.5 Å². The Morgan fingerprint density at radius 1 is 1.11 bits per heavy atom. The van der Waals surface area contributed by atoms with Gasteiger partial charge in [0.15, 0.2) is 0 Å². The summed E-state index contributed by atoms with van der Waals surface area (Å²) in [5, 5.41) is 0.646. The zero-order chi connectivity index (χ0) is 14.3. The standard InChI is InChI=1S/C14H23NO4/c1-3-5-7-11(8-6-4-2)14(18)19-15-12(16)9-10-13(15)17/h11H,3-10H2,1-2H3. The number of rotatable bonds is 8. The first-order chi connectivity index (χ1) is 9.10. The molecule has 1 aliphatic heterocycles. The minimum absolute atomic E-state index is 0.140. The molecule has 1 fully saturated rings. The van der Waals surface area contributed by atoms with E-state index >= 15 is 0 Å². The van der Waals surface area contributed by atoms with Gasteiger partial charge in [0.25, 0.3) is 11.8 Å². The van der Waals surface area contributed by atoms with Gasteiger partial charge in [0.05, 0.1) is 5.92 Å². The van der Waals surface area contributed by atoms with Crippen molar-refractivity contribution in [2.45, 2.75) is 65.2 Å². The smallest absolute Gasteiger partial charge is 0.330 e. The molecule has 0 atom stereocenters. The lowest BCUT2D eigenvalue weighted by Crippen LogP contribution is -2.34. The quantitative estimate of drug-likeness (QED) is 0.635. The van der Waals surface area contributed by atoms with Crippen molar-refractivity contribution >= 4 is 17.8 Å². The van der Waals surface area contributed by atoms with Crippen LogP contribution in [0.15, 0.2) is 0 Å². The van der Waals surface area contributed by atoms with Gasteiger partial charge in [0.2, 0.25) is 0 Å². The Morgan fingerprint density at radius 2 is 1.58 bits per heavy atom. The largest absolute Gasteiger partial charge is 0.336 e. The highest BCUT2D eigenvalue weighted by Crippen LogP contribution is 2.20.